The number of pyridine rings is 1. The van der Waals surface area contributed by atoms with E-state index in [1.54, 1.807) is 6.20 Å². The molecule has 2 N–H and O–H groups in total. The van der Waals surface area contributed by atoms with Crippen molar-refractivity contribution >= 4 is 0 Å². The van der Waals surface area contributed by atoms with E-state index in [-0.39, 0.29) is 12.1 Å². The summed E-state index contributed by atoms with van der Waals surface area (Å²) in [5, 5.41) is 4.56. The van der Waals surface area contributed by atoms with Gasteiger partial charge in [0.15, 0.2) is 0 Å². The van der Waals surface area contributed by atoms with Crippen LogP contribution in [0.2, 0.25) is 0 Å². The predicted molar refractivity (Wildman–Crippen MR) is 72.3 cm³/mol. The van der Waals surface area contributed by atoms with Gasteiger partial charge in [0.25, 0.3) is 0 Å². The summed E-state index contributed by atoms with van der Waals surface area (Å²) >= 11 is 0. The van der Waals surface area contributed by atoms with Crippen molar-refractivity contribution in [3.8, 4) is 0 Å². The van der Waals surface area contributed by atoms with Crippen molar-refractivity contribution in [2.45, 2.75) is 39.3 Å². The van der Waals surface area contributed by atoms with Crippen LogP contribution < -0.4 is 5.73 Å². The molecule has 2 heterocycles. The summed E-state index contributed by atoms with van der Waals surface area (Å²) in [6, 6.07) is 6.16. The number of nitrogens with zero attached hydrogens (tertiary/aromatic N) is 3. The second kappa shape index (κ2) is 5.31. The standard InChI is InChI=1S/C14H20N4/c1-4-13(15)14(12-6-5-7-16-9-12)18-11(3)8-10(2)17-18/h5-9,13-14H,4,15H2,1-3H3. The van der Waals surface area contributed by atoms with Gasteiger partial charge in [0.05, 0.1) is 11.7 Å². The van der Waals surface area contributed by atoms with Crippen molar-refractivity contribution in [3.05, 3.63) is 47.5 Å². The first-order valence-electron chi connectivity index (χ1n) is 6.31. The Bertz CT molecular complexity index is 504. The van der Waals surface area contributed by atoms with E-state index in [0.717, 1.165) is 23.4 Å². The van der Waals surface area contributed by atoms with Gasteiger partial charge < -0.3 is 5.73 Å². The highest BCUT2D eigenvalue weighted by Gasteiger charge is 2.22. The van der Waals surface area contributed by atoms with Gasteiger partial charge in [0, 0.05) is 24.1 Å². The van der Waals surface area contributed by atoms with Crippen LogP contribution in [0, 0.1) is 13.8 Å². The molecule has 2 unspecified atom stereocenters. The molecule has 0 aliphatic rings. The molecule has 0 aromatic carbocycles. The Hall–Kier alpha value is -1.68. The van der Waals surface area contributed by atoms with Gasteiger partial charge in [0.1, 0.15) is 0 Å². The van der Waals surface area contributed by atoms with Gasteiger partial charge >= 0.3 is 0 Å². The molecular weight excluding hydrogens is 224 g/mol. The molecule has 0 bridgehead atoms. The molecule has 4 nitrogen and oxygen atoms in total. The van der Waals surface area contributed by atoms with Gasteiger partial charge in [-0.15, -0.1) is 0 Å². The van der Waals surface area contributed by atoms with E-state index < -0.39 is 0 Å². The van der Waals surface area contributed by atoms with Crippen LogP contribution >= 0.6 is 0 Å². The van der Waals surface area contributed by atoms with E-state index in [9.17, 15) is 0 Å². The SMILES string of the molecule is CCC(N)C(c1cccnc1)n1nc(C)cc1C. The summed E-state index contributed by atoms with van der Waals surface area (Å²) in [6.07, 6.45) is 4.55. The van der Waals surface area contributed by atoms with E-state index in [0.29, 0.717) is 0 Å². The molecule has 0 saturated heterocycles. The predicted octanol–water partition coefficient (Wildman–Crippen LogP) is 2.22. The Morgan fingerprint density at radius 3 is 2.67 bits per heavy atom. The maximum Gasteiger partial charge on any atom is 0.0937 e. The number of hydrogen-bond donors (Lipinski definition) is 1. The summed E-state index contributed by atoms with van der Waals surface area (Å²) in [7, 11) is 0. The minimum Gasteiger partial charge on any atom is -0.326 e. The molecule has 0 amide bonds. The van der Waals surface area contributed by atoms with Crippen LogP contribution in [0.25, 0.3) is 0 Å². The fraction of sp³-hybridized carbons (Fsp3) is 0.429. The molecular formula is C14H20N4. The Morgan fingerprint density at radius 2 is 2.17 bits per heavy atom. The van der Waals surface area contributed by atoms with Crippen molar-refractivity contribution < 1.29 is 0 Å². The maximum atomic E-state index is 6.27. The van der Waals surface area contributed by atoms with Crippen molar-refractivity contribution in [2.24, 2.45) is 5.73 Å². The summed E-state index contributed by atoms with van der Waals surface area (Å²) in [6.45, 7) is 6.16. The fourth-order valence-electron chi connectivity index (χ4n) is 2.27. The topological polar surface area (TPSA) is 56.7 Å². The van der Waals surface area contributed by atoms with Gasteiger partial charge in [-0.05, 0) is 38.0 Å². The molecule has 0 radical (unpaired) electrons. The van der Waals surface area contributed by atoms with E-state index >= 15 is 0 Å². The third-order valence-corrected chi connectivity index (χ3v) is 3.21. The van der Waals surface area contributed by atoms with Crippen LogP contribution in [-0.2, 0) is 0 Å². The number of nitrogens with two attached hydrogens (primary N) is 1. The molecule has 0 fully saturated rings. The van der Waals surface area contributed by atoms with Gasteiger partial charge in [-0.3, -0.25) is 9.67 Å². The zero-order chi connectivity index (χ0) is 13.1. The molecule has 2 rings (SSSR count). The molecule has 2 aromatic rings. The molecule has 2 aromatic heterocycles. The van der Waals surface area contributed by atoms with Gasteiger partial charge in [0.2, 0.25) is 0 Å². The first-order valence-corrected chi connectivity index (χ1v) is 6.31. The monoisotopic (exact) mass is 244 g/mol. The average Bonchev–Trinajstić information content (AvgIpc) is 2.70. The Kier molecular flexibility index (Phi) is 3.77. The number of aromatic nitrogens is 3. The largest absolute Gasteiger partial charge is 0.326 e. The normalized spacial score (nSPS) is 14.4. The zero-order valence-electron chi connectivity index (χ0n) is 11.2. The summed E-state index contributed by atoms with van der Waals surface area (Å²) < 4.78 is 2.01. The Morgan fingerprint density at radius 1 is 1.39 bits per heavy atom. The van der Waals surface area contributed by atoms with Crippen LogP contribution in [0.15, 0.2) is 30.6 Å². The first-order chi connectivity index (χ1) is 8.63. The summed E-state index contributed by atoms with van der Waals surface area (Å²) in [4.78, 5) is 4.19. The van der Waals surface area contributed by atoms with Crippen LogP contribution in [0.4, 0.5) is 0 Å². The van der Waals surface area contributed by atoms with Gasteiger partial charge in [-0.25, -0.2) is 0 Å². The average molecular weight is 244 g/mol. The lowest BCUT2D eigenvalue weighted by Crippen LogP contribution is -2.33. The lowest BCUT2D eigenvalue weighted by molar-refractivity contribution is 0.414. The molecule has 0 spiro atoms. The van der Waals surface area contributed by atoms with Crippen molar-refractivity contribution in [2.75, 3.05) is 0 Å². The number of rotatable bonds is 4. The second-order valence-electron chi connectivity index (χ2n) is 4.67. The maximum absolute atomic E-state index is 6.27. The molecule has 18 heavy (non-hydrogen) atoms. The zero-order valence-corrected chi connectivity index (χ0v) is 11.2. The minimum absolute atomic E-state index is 0.0344. The lowest BCUT2D eigenvalue weighted by Gasteiger charge is -2.25. The molecule has 0 aliphatic carbocycles. The van der Waals surface area contributed by atoms with E-state index in [1.807, 2.05) is 23.9 Å². The van der Waals surface area contributed by atoms with Gasteiger partial charge in [-0.2, -0.15) is 5.10 Å². The third kappa shape index (κ3) is 2.43. The molecule has 4 heteroatoms. The molecule has 0 saturated carbocycles. The minimum atomic E-state index is 0.0344. The molecule has 96 valence electrons. The van der Waals surface area contributed by atoms with E-state index in [1.165, 1.54) is 0 Å². The van der Waals surface area contributed by atoms with Crippen LogP contribution in [0.3, 0.4) is 0 Å². The van der Waals surface area contributed by atoms with Crippen molar-refractivity contribution in [1.29, 1.82) is 0 Å². The van der Waals surface area contributed by atoms with Gasteiger partial charge in [-0.1, -0.05) is 13.0 Å². The van der Waals surface area contributed by atoms with Crippen LogP contribution in [0.5, 0.6) is 0 Å². The van der Waals surface area contributed by atoms with E-state index in [2.05, 4.69) is 36.1 Å². The Labute approximate surface area is 108 Å². The van der Waals surface area contributed by atoms with E-state index in [4.69, 9.17) is 5.73 Å². The number of hydrogen-bond acceptors (Lipinski definition) is 3. The van der Waals surface area contributed by atoms with Crippen LogP contribution in [-0.4, -0.2) is 20.8 Å². The van der Waals surface area contributed by atoms with Crippen molar-refractivity contribution in [1.82, 2.24) is 14.8 Å². The highest BCUT2D eigenvalue weighted by molar-refractivity contribution is 5.20. The summed E-state index contributed by atoms with van der Waals surface area (Å²) in [5.74, 6) is 0. The highest BCUT2D eigenvalue weighted by atomic mass is 15.3. The smallest absolute Gasteiger partial charge is 0.0937 e. The Balaban J connectivity index is 2.47. The second-order valence-corrected chi connectivity index (χ2v) is 4.67. The van der Waals surface area contributed by atoms with Crippen LogP contribution in [0.1, 0.15) is 36.3 Å². The summed E-state index contributed by atoms with van der Waals surface area (Å²) in [5.41, 5.74) is 9.53. The molecule has 0 aliphatic heterocycles. The quantitative estimate of drug-likeness (QED) is 0.897. The third-order valence-electron chi connectivity index (χ3n) is 3.21. The highest BCUT2D eigenvalue weighted by Crippen LogP contribution is 2.23. The first kappa shape index (κ1) is 12.8. The van der Waals surface area contributed by atoms with Crippen molar-refractivity contribution in [3.63, 3.8) is 0 Å². The molecule has 2 atom stereocenters. The number of aryl methyl sites for hydroxylation is 2. The fourth-order valence-corrected chi connectivity index (χ4v) is 2.27. The lowest BCUT2D eigenvalue weighted by atomic mass is 9.99.